The number of carbonyl (C=O) groups excluding carboxylic acids is 1. The molecule has 0 aliphatic heterocycles. The molecule has 0 saturated heterocycles. The lowest BCUT2D eigenvalue weighted by Crippen LogP contribution is -2.14. The molecular formula is C12H15ClO2. The van der Waals surface area contributed by atoms with Crippen molar-refractivity contribution >= 4 is 17.9 Å². The number of aldehydes is 1. The van der Waals surface area contributed by atoms with Crippen LogP contribution in [0, 0.1) is 6.92 Å². The molecule has 0 aliphatic carbocycles. The van der Waals surface area contributed by atoms with Crippen LogP contribution in [-0.2, 0) is 5.41 Å². The minimum absolute atomic E-state index is 0.0272. The summed E-state index contributed by atoms with van der Waals surface area (Å²) in [5.74, 6) is 0.0272. The Morgan fingerprint density at radius 1 is 1.40 bits per heavy atom. The zero-order chi connectivity index (χ0) is 11.8. The van der Waals surface area contributed by atoms with Crippen molar-refractivity contribution in [3.05, 3.63) is 27.8 Å². The van der Waals surface area contributed by atoms with Gasteiger partial charge < -0.3 is 5.11 Å². The van der Waals surface area contributed by atoms with E-state index in [1.807, 2.05) is 20.8 Å². The predicted molar refractivity (Wildman–Crippen MR) is 61.9 cm³/mol. The van der Waals surface area contributed by atoms with E-state index in [1.165, 1.54) is 6.07 Å². The summed E-state index contributed by atoms with van der Waals surface area (Å²) >= 11 is 6.10. The maximum atomic E-state index is 10.7. The van der Waals surface area contributed by atoms with E-state index in [4.69, 9.17) is 11.6 Å². The van der Waals surface area contributed by atoms with Crippen molar-refractivity contribution in [3.63, 3.8) is 0 Å². The third-order valence-corrected chi connectivity index (χ3v) is 2.70. The first kappa shape index (κ1) is 12.1. The summed E-state index contributed by atoms with van der Waals surface area (Å²) in [6, 6.07) is 1.51. The molecule has 0 amide bonds. The van der Waals surface area contributed by atoms with Gasteiger partial charge in [0.05, 0.1) is 5.56 Å². The van der Waals surface area contributed by atoms with Gasteiger partial charge in [-0.15, -0.1) is 0 Å². The average molecular weight is 227 g/mol. The fraction of sp³-hybridized carbons (Fsp3) is 0.417. The Bertz CT molecular complexity index is 403. The number of aromatic hydroxyl groups is 1. The average Bonchev–Trinajstić information content (AvgIpc) is 2.09. The number of benzene rings is 1. The van der Waals surface area contributed by atoms with Crippen molar-refractivity contribution in [2.75, 3.05) is 0 Å². The summed E-state index contributed by atoms with van der Waals surface area (Å²) in [5.41, 5.74) is 1.65. The number of hydrogen-bond donors (Lipinski definition) is 1. The summed E-state index contributed by atoms with van der Waals surface area (Å²) in [6.45, 7) is 7.82. The van der Waals surface area contributed by atoms with Crippen molar-refractivity contribution in [2.24, 2.45) is 0 Å². The van der Waals surface area contributed by atoms with Crippen LogP contribution < -0.4 is 0 Å². The molecule has 0 heterocycles. The molecule has 0 unspecified atom stereocenters. The zero-order valence-corrected chi connectivity index (χ0v) is 10.1. The molecule has 1 aromatic carbocycles. The Morgan fingerprint density at radius 3 is 2.33 bits per heavy atom. The first-order valence-corrected chi connectivity index (χ1v) is 5.14. The molecule has 15 heavy (non-hydrogen) atoms. The topological polar surface area (TPSA) is 37.3 Å². The van der Waals surface area contributed by atoms with E-state index in [0.717, 1.165) is 5.56 Å². The molecule has 0 aromatic heterocycles. The van der Waals surface area contributed by atoms with Crippen molar-refractivity contribution in [1.29, 1.82) is 0 Å². The van der Waals surface area contributed by atoms with Crippen LogP contribution in [0.25, 0.3) is 0 Å². The summed E-state index contributed by atoms with van der Waals surface area (Å²) in [5, 5.41) is 10.3. The van der Waals surface area contributed by atoms with E-state index in [0.29, 0.717) is 16.9 Å². The number of hydrogen-bond acceptors (Lipinski definition) is 2. The molecule has 2 nitrogen and oxygen atoms in total. The van der Waals surface area contributed by atoms with Gasteiger partial charge in [0, 0.05) is 5.02 Å². The second-order valence-corrected chi connectivity index (χ2v) is 5.07. The molecule has 0 bridgehead atoms. The van der Waals surface area contributed by atoms with Crippen LogP contribution in [-0.4, -0.2) is 11.4 Å². The largest absolute Gasteiger partial charge is 0.507 e. The van der Waals surface area contributed by atoms with E-state index in [-0.39, 0.29) is 16.7 Å². The third kappa shape index (κ3) is 2.15. The summed E-state index contributed by atoms with van der Waals surface area (Å²) in [6.07, 6.45) is 0.612. The Kier molecular flexibility index (Phi) is 3.10. The first-order chi connectivity index (χ1) is 6.79. The van der Waals surface area contributed by atoms with E-state index in [1.54, 1.807) is 6.92 Å². The van der Waals surface area contributed by atoms with Gasteiger partial charge in [-0.05, 0) is 29.5 Å². The second-order valence-electron chi connectivity index (χ2n) is 4.66. The highest BCUT2D eigenvalue weighted by Crippen LogP contribution is 2.38. The van der Waals surface area contributed by atoms with Gasteiger partial charge in [0.2, 0.25) is 0 Å². The maximum absolute atomic E-state index is 10.7. The van der Waals surface area contributed by atoms with Gasteiger partial charge in [0.25, 0.3) is 0 Å². The van der Waals surface area contributed by atoms with E-state index >= 15 is 0 Å². The number of carbonyl (C=O) groups is 1. The molecule has 1 rings (SSSR count). The molecule has 3 heteroatoms. The van der Waals surface area contributed by atoms with Crippen molar-refractivity contribution in [2.45, 2.75) is 33.1 Å². The maximum Gasteiger partial charge on any atom is 0.153 e. The van der Waals surface area contributed by atoms with Gasteiger partial charge in [-0.1, -0.05) is 32.4 Å². The number of phenols is 1. The zero-order valence-electron chi connectivity index (χ0n) is 9.39. The Labute approximate surface area is 94.9 Å². The quantitative estimate of drug-likeness (QED) is 0.745. The molecule has 1 aromatic rings. The lowest BCUT2D eigenvalue weighted by Gasteiger charge is -2.24. The molecule has 0 radical (unpaired) electrons. The second kappa shape index (κ2) is 3.86. The highest BCUT2D eigenvalue weighted by molar-refractivity contribution is 6.32. The smallest absolute Gasteiger partial charge is 0.153 e. The van der Waals surface area contributed by atoms with E-state index < -0.39 is 0 Å². The van der Waals surface area contributed by atoms with Gasteiger partial charge in [-0.2, -0.15) is 0 Å². The molecule has 82 valence electrons. The molecule has 1 N–H and O–H groups in total. The number of phenolic OH excluding ortho intramolecular Hbond substituents is 1. The minimum Gasteiger partial charge on any atom is -0.507 e. The highest BCUT2D eigenvalue weighted by atomic mass is 35.5. The fourth-order valence-corrected chi connectivity index (χ4v) is 2.34. The summed E-state index contributed by atoms with van der Waals surface area (Å²) in [4.78, 5) is 10.7. The molecule has 0 spiro atoms. The van der Waals surface area contributed by atoms with Gasteiger partial charge >= 0.3 is 0 Å². The molecule has 0 saturated carbocycles. The van der Waals surface area contributed by atoms with Gasteiger partial charge in [0.15, 0.2) is 6.29 Å². The summed E-state index contributed by atoms with van der Waals surface area (Å²) in [7, 11) is 0. The lowest BCUT2D eigenvalue weighted by atomic mass is 9.83. The minimum atomic E-state index is -0.153. The normalized spacial score (nSPS) is 11.5. The monoisotopic (exact) mass is 226 g/mol. The Balaban J connectivity index is 3.57. The van der Waals surface area contributed by atoms with Crippen LogP contribution >= 0.6 is 11.6 Å². The fourth-order valence-electron chi connectivity index (χ4n) is 1.80. The van der Waals surface area contributed by atoms with Gasteiger partial charge in [-0.3, -0.25) is 4.79 Å². The van der Waals surface area contributed by atoms with E-state index in [9.17, 15) is 9.90 Å². The van der Waals surface area contributed by atoms with E-state index in [2.05, 4.69) is 0 Å². The van der Waals surface area contributed by atoms with Crippen LogP contribution in [0.4, 0.5) is 0 Å². The van der Waals surface area contributed by atoms with Crippen molar-refractivity contribution < 1.29 is 9.90 Å². The summed E-state index contributed by atoms with van der Waals surface area (Å²) < 4.78 is 0. The van der Waals surface area contributed by atoms with Crippen LogP contribution in [0.1, 0.15) is 42.3 Å². The number of rotatable bonds is 1. The van der Waals surface area contributed by atoms with Crippen molar-refractivity contribution in [3.8, 4) is 5.75 Å². The van der Waals surface area contributed by atoms with Crippen molar-refractivity contribution in [1.82, 2.24) is 0 Å². The molecule has 0 aliphatic rings. The Morgan fingerprint density at radius 2 is 1.93 bits per heavy atom. The van der Waals surface area contributed by atoms with Gasteiger partial charge in [-0.25, -0.2) is 0 Å². The SMILES string of the molecule is Cc1c(O)c(C=O)cc(Cl)c1C(C)(C)C. The van der Waals surface area contributed by atoms with Crippen LogP contribution in [0.2, 0.25) is 5.02 Å². The Hall–Kier alpha value is -1.02. The molecule has 0 fully saturated rings. The third-order valence-electron chi connectivity index (χ3n) is 2.40. The van der Waals surface area contributed by atoms with Crippen LogP contribution in [0.15, 0.2) is 6.07 Å². The molecule has 0 atom stereocenters. The number of halogens is 1. The predicted octanol–water partition coefficient (Wildman–Crippen LogP) is 3.46. The molecular weight excluding hydrogens is 212 g/mol. The lowest BCUT2D eigenvalue weighted by molar-refractivity contribution is 0.112. The van der Waals surface area contributed by atoms with Crippen LogP contribution in [0.3, 0.4) is 0 Å². The van der Waals surface area contributed by atoms with Gasteiger partial charge in [0.1, 0.15) is 5.75 Å². The standard InChI is InChI=1S/C12H15ClO2/c1-7-10(12(2,3)4)9(13)5-8(6-14)11(7)15/h5-6,15H,1-4H3. The first-order valence-electron chi connectivity index (χ1n) is 4.76. The van der Waals surface area contributed by atoms with Crippen LogP contribution in [0.5, 0.6) is 5.75 Å². The highest BCUT2D eigenvalue weighted by Gasteiger charge is 2.23.